The monoisotopic (exact) mass is 215 g/mol. The fourth-order valence-electron chi connectivity index (χ4n) is 1.56. The summed E-state index contributed by atoms with van der Waals surface area (Å²) in [6.07, 6.45) is 1.81. The number of aryl methyl sites for hydroxylation is 1. The minimum absolute atomic E-state index is 0.569. The largest absolute Gasteiger partial charge is 0.328 e. The van der Waals surface area contributed by atoms with Crippen LogP contribution in [0.4, 0.5) is 11.6 Å². The molecule has 1 aromatic heterocycles. The summed E-state index contributed by atoms with van der Waals surface area (Å²) in [5, 5.41) is 3.22. The van der Waals surface area contributed by atoms with Gasteiger partial charge in [-0.2, -0.15) is 0 Å². The van der Waals surface area contributed by atoms with Gasteiger partial charge in [0.05, 0.1) is 0 Å². The molecule has 3 nitrogen and oxygen atoms in total. The summed E-state index contributed by atoms with van der Waals surface area (Å²) in [5.74, 6) is 1.36. The Balaban J connectivity index is 2.11. The van der Waals surface area contributed by atoms with Gasteiger partial charge in [0.25, 0.3) is 0 Å². The average molecular weight is 215 g/mol. The Labute approximate surface area is 95.9 Å². The van der Waals surface area contributed by atoms with Crippen molar-refractivity contribution in [1.29, 1.82) is 0 Å². The summed E-state index contributed by atoms with van der Waals surface area (Å²) in [4.78, 5) is 7.34. The van der Waals surface area contributed by atoms with E-state index in [2.05, 4.69) is 53.4 Å². The quantitative estimate of drug-likeness (QED) is 0.821. The Morgan fingerprint density at radius 3 is 2.38 bits per heavy atom. The zero-order chi connectivity index (χ0) is 11.5. The molecule has 0 saturated heterocycles. The fourth-order valence-corrected chi connectivity index (χ4v) is 1.56. The highest BCUT2D eigenvalue weighted by atomic mass is 15.1. The number of hydrogen-bond donors (Lipinski definition) is 2. The van der Waals surface area contributed by atoms with E-state index in [1.165, 1.54) is 5.56 Å². The van der Waals surface area contributed by atoms with Gasteiger partial charge in [0.15, 0.2) is 0 Å². The molecule has 1 heterocycles. The van der Waals surface area contributed by atoms with Crippen LogP contribution in [0.3, 0.4) is 0 Å². The van der Waals surface area contributed by atoms with Crippen molar-refractivity contribution in [2.24, 2.45) is 0 Å². The zero-order valence-electron chi connectivity index (χ0n) is 9.91. The molecule has 0 amide bonds. The normalized spacial score (nSPS) is 10.8. The standard InChI is InChI=1S/C13H17N3/c1-9(2)11-4-6-12(7-5-11)16-13-14-8-10(3)15-13/h4-9H,1-3H3,(H2,14,15,16). The van der Waals surface area contributed by atoms with Crippen LogP contribution >= 0.6 is 0 Å². The predicted octanol–water partition coefficient (Wildman–Crippen LogP) is 3.59. The second-order valence-electron chi connectivity index (χ2n) is 4.32. The van der Waals surface area contributed by atoms with Gasteiger partial charge in [0.2, 0.25) is 5.95 Å². The number of anilines is 2. The van der Waals surface area contributed by atoms with Crippen molar-refractivity contribution in [2.45, 2.75) is 26.7 Å². The molecule has 0 aliphatic carbocycles. The average Bonchev–Trinajstić information content (AvgIpc) is 2.65. The van der Waals surface area contributed by atoms with Crippen molar-refractivity contribution in [3.05, 3.63) is 41.7 Å². The lowest BCUT2D eigenvalue weighted by molar-refractivity contribution is 0.867. The molecule has 0 saturated carbocycles. The molecule has 0 spiro atoms. The molecule has 0 aliphatic rings. The number of nitrogens with one attached hydrogen (secondary N) is 2. The molecule has 0 aliphatic heterocycles. The highest BCUT2D eigenvalue weighted by Crippen LogP contribution is 2.19. The predicted molar refractivity (Wildman–Crippen MR) is 67.1 cm³/mol. The van der Waals surface area contributed by atoms with Crippen LogP contribution in [0.2, 0.25) is 0 Å². The molecule has 0 bridgehead atoms. The van der Waals surface area contributed by atoms with Gasteiger partial charge in [-0.3, -0.25) is 0 Å². The maximum Gasteiger partial charge on any atom is 0.204 e. The summed E-state index contributed by atoms with van der Waals surface area (Å²) >= 11 is 0. The van der Waals surface area contributed by atoms with E-state index in [1.54, 1.807) is 0 Å². The third-order valence-electron chi connectivity index (χ3n) is 2.54. The van der Waals surface area contributed by atoms with Crippen LogP contribution < -0.4 is 5.32 Å². The summed E-state index contributed by atoms with van der Waals surface area (Å²) in [6.45, 7) is 6.37. The summed E-state index contributed by atoms with van der Waals surface area (Å²) in [6, 6.07) is 8.44. The third kappa shape index (κ3) is 2.42. The van der Waals surface area contributed by atoms with Crippen molar-refractivity contribution in [3.63, 3.8) is 0 Å². The van der Waals surface area contributed by atoms with Crippen molar-refractivity contribution in [1.82, 2.24) is 9.97 Å². The van der Waals surface area contributed by atoms with Crippen LogP contribution in [0.5, 0.6) is 0 Å². The third-order valence-corrected chi connectivity index (χ3v) is 2.54. The number of aromatic nitrogens is 2. The highest BCUT2D eigenvalue weighted by Gasteiger charge is 2.00. The van der Waals surface area contributed by atoms with E-state index in [1.807, 2.05) is 13.1 Å². The second-order valence-corrected chi connectivity index (χ2v) is 4.32. The Hall–Kier alpha value is -1.77. The molecule has 2 N–H and O–H groups in total. The molecule has 0 atom stereocenters. The van der Waals surface area contributed by atoms with Crippen LogP contribution in [-0.4, -0.2) is 9.97 Å². The van der Waals surface area contributed by atoms with Crippen LogP contribution in [0.1, 0.15) is 31.0 Å². The molecule has 1 aromatic carbocycles. The van der Waals surface area contributed by atoms with Crippen molar-refractivity contribution in [2.75, 3.05) is 5.32 Å². The number of aromatic amines is 1. The number of H-pyrrole nitrogens is 1. The van der Waals surface area contributed by atoms with Crippen LogP contribution in [0.15, 0.2) is 30.5 Å². The number of hydrogen-bond acceptors (Lipinski definition) is 2. The van der Waals surface area contributed by atoms with Crippen molar-refractivity contribution < 1.29 is 0 Å². The van der Waals surface area contributed by atoms with E-state index >= 15 is 0 Å². The molecule has 0 radical (unpaired) electrons. The molecule has 2 aromatic rings. The lowest BCUT2D eigenvalue weighted by Crippen LogP contribution is -1.93. The number of rotatable bonds is 3. The minimum atomic E-state index is 0.569. The Morgan fingerprint density at radius 1 is 1.19 bits per heavy atom. The molecule has 0 fully saturated rings. The Bertz CT molecular complexity index is 454. The van der Waals surface area contributed by atoms with E-state index in [0.717, 1.165) is 17.3 Å². The van der Waals surface area contributed by atoms with Gasteiger partial charge >= 0.3 is 0 Å². The molecule has 84 valence electrons. The molecular weight excluding hydrogens is 198 g/mol. The first kappa shape index (κ1) is 10.7. The highest BCUT2D eigenvalue weighted by molar-refractivity contribution is 5.54. The van der Waals surface area contributed by atoms with Gasteiger partial charge < -0.3 is 10.3 Å². The first-order valence-electron chi connectivity index (χ1n) is 5.54. The van der Waals surface area contributed by atoms with Crippen LogP contribution in [-0.2, 0) is 0 Å². The van der Waals surface area contributed by atoms with Crippen molar-refractivity contribution >= 4 is 11.6 Å². The maximum absolute atomic E-state index is 4.20. The van der Waals surface area contributed by atoms with E-state index in [-0.39, 0.29) is 0 Å². The van der Waals surface area contributed by atoms with Gasteiger partial charge in [0, 0.05) is 17.6 Å². The second kappa shape index (κ2) is 4.39. The minimum Gasteiger partial charge on any atom is -0.328 e. The first-order chi connectivity index (χ1) is 7.65. The van der Waals surface area contributed by atoms with Crippen molar-refractivity contribution in [3.8, 4) is 0 Å². The summed E-state index contributed by atoms with van der Waals surface area (Å²) in [5.41, 5.74) is 3.46. The molecular formula is C13H17N3. The Morgan fingerprint density at radius 2 is 1.88 bits per heavy atom. The maximum atomic E-state index is 4.20. The van der Waals surface area contributed by atoms with E-state index in [4.69, 9.17) is 0 Å². The molecule has 0 unspecified atom stereocenters. The van der Waals surface area contributed by atoms with E-state index < -0.39 is 0 Å². The van der Waals surface area contributed by atoms with Gasteiger partial charge in [0.1, 0.15) is 0 Å². The Kier molecular flexibility index (Phi) is 2.95. The summed E-state index contributed by atoms with van der Waals surface area (Å²) < 4.78 is 0. The fraction of sp³-hybridized carbons (Fsp3) is 0.308. The lowest BCUT2D eigenvalue weighted by Gasteiger charge is -2.07. The lowest BCUT2D eigenvalue weighted by atomic mass is 10.0. The van der Waals surface area contributed by atoms with E-state index in [0.29, 0.717) is 5.92 Å². The SMILES string of the molecule is Cc1cnc(Nc2ccc(C(C)C)cc2)[nH]1. The van der Waals surface area contributed by atoms with Gasteiger partial charge in [-0.25, -0.2) is 4.98 Å². The van der Waals surface area contributed by atoms with Gasteiger partial charge in [-0.05, 0) is 30.5 Å². The molecule has 3 heteroatoms. The zero-order valence-corrected chi connectivity index (χ0v) is 9.91. The first-order valence-corrected chi connectivity index (χ1v) is 5.54. The van der Waals surface area contributed by atoms with Crippen LogP contribution in [0, 0.1) is 6.92 Å². The summed E-state index contributed by atoms with van der Waals surface area (Å²) in [7, 11) is 0. The van der Waals surface area contributed by atoms with Crippen LogP contribution in [0.25, 0.3) is 0 Å². The number of nitrogens with zero attached hydrogens (tertiary/aromatic N) is 1. The van der Waals surface area contributed by atoms with Gasteiger partial charge in [-0.1, -0.05) is 26.0 Å². The molecule has 16 heavy (non-hydrogen) atoms. The topological polar surface area (TPSA) is 40.7 Å². The number of benzene rings is 1. The van der Waals surface area contributed by atoms with Gasteiger partial charge in [-0.15, -0.1) is 0 Å². The molecule has 2 rings (SSSR count). The van der Waals surface area contributed by atoms with E-state index in [9.17, 15) is 0 Å². The number of imidazole rings is 1. The smallest absolute Gasteiger partial charge is 0.204 e.